The largest absolute Gasteiger partial charge is 0.491 e. The molecular weight excluding hydrogens is 311 g/mol. The van der Waals surface area contributed by atoms with Crippen molar-refractivity contribution in [2.75, 3.05) is 23.9 Å². The van der Waals surface area contributed by atoms with Crippen molar-refractivity contribution in [3.63, 3.8) is 0 Å². The highest BCUT2D eigenvalue weighted by molar-refractivity contribution is 6.43. The number of carbonyl (C=O) groups is 2. The summed E-state index contributed by atoms with van der Waals surface area (Å²) in [6, 6.07) is 12.9. The summed E-state index contributed by atoms with van der Waals surface area (Å²) in [5, 5.41) is 4.90. The van der Waals surface area contributed by atoms with E-state index in [1.165, 1.54) is 6.07 Å². The number of terminal acetylenes is 1. The molecule has 0 spiro atoms. The fourth-order valence-electron chi connectivity index (χ4n) is 1.88. The number of alkyl halides is 1. The molecule has 0 radical (unpaired) electrons. The summed E-state index contributed by atoms with van der Waals surface area (Å²) in [4.78, 5) is 23.9. The minimum absolute atomic E-state index is 0.0800. The molecule has 0 aliphatic carbocycles. The van der Waals surface area contributed by atoms with Crippen LogP contribution in [0.25, 0.3) is 0 Å². The summed E-state index contributed by atoms with van der Waals surface area (Å²) in [5.74, 6) is 1.16. The average Bonchev–Trinajstić information content (AvgIpc) is 2.60. The molecule has 0 saturated heterocycles. The van der Waals surface area contributed by atoms with Gasteiger partial charge in [0.05, 0.1) is 0 Å². The number of hydrogen-bond donors (Lipinski definition) is 2. The van der Waals surface area contributed by atoms with Crippen molar-refractivity contribution >= 4 is 23.2 Å². The molecule has 2 aromatic rings. The van der Waals surface area contributed by atoms with Gasteiger partial charge in [-0.15, -0.1) is 6.42 Å². The zero-order chi connectivity index (χ0) is 17.4. The van der Waals surface area contributed by atoms with Crippen LogP contribution in [0.1, 0.15) is 5.56 Å². The van der Waals surface area contributed by atoms with Crippen LogP contribution in [0, 0.1) is 12.3 Å². The second kappa shape index (κ2) is 8.34. The Bertz CT molecular complexity index is 784. The van der Waals surface area contributed by atoms with E-state index in [-0.39, 0.29) is 6.61 Å². The topological polar surface area (TPSA) is 67.4 Å². The molecule has 0 atom stereocenters. The summed E-state index contributed by atoms with van der Waals surface area (Å²) >= 11 is 0. The lowest BCUT2D eigenvalue weighted by atomic mass is 10.2. The lowest BCUT2D eigenvalue weighted by Gasteiger charge is -2.09. The molecule has 24 heavy (non-hydrogen) atoms. The molecule has 0 saturated carbocycles. The maximum absolute atomic E-state index is 12.1. The molecule has 0 aromatic heterocycles. The van der Waals surface area contributed by atoms with Crippen LogP contribution in [0.3, 0.4) is 0 Å². The molecule has 6 heteroatoms. The molecule has 0 fully saturated rings. The van der Waals surface area contributed by atoms with E-state index in [1.54, 1.807) is 42.5 Å². The van der Waals surface area contributed by atoms with Gasteiger partial charge in [0.2, 0.25) is 0 Å². The molecule has 0 aliphatic heterocycles. The minimum atomic E-state index is -0.844. The van der Waals surface area contributed by atoms with Gasteiger partial charge in [-0.25, -0.2) is 4.39 Å². The third kappa shape index (κ3) is 4.85. The number of anilines is 2. The fraction of sp³-hybridized carbons (Fsp3) is 0.111. The quantitative estimate of drug-likeness (QED) is 0.655. The van der Waals surface area contributed by atoms with Crippen LogP contribution in [-0.2, 0) is 9.59 Å². The second-order valence-corrected chi connectivity index (χ2v) is 4.70. The van der Waals surface area contributed by atoms with Crippen molar-refractivity contribution in [1.29, 1.82) is 0 Å². The van der Waals surface area contributed by atoms with Gasteiger partial charge in [-0.3, -0.25) is 9.59 Å². The molecule has 2 aromatic carbocycles. The van der Waals surface area contributed by atoms with Crippen molar-refractivity contribution in [2.24, 2.45) is 0 Å². The Kier molecular flexibility index (Phi) is 5.92. The average molecular weight is 326 g/mol. The number of benzene rings is 2. The van der Waals surface area contributed by atoms with Crippen molar-refractivity contribution < 1.29 is 18.7 Å². The highest BCUT2D eigenvalue weighted by Crippen LogP contribution is 2.17. The van der Waals surface area contributed by atoms with Crippen molar-refractivity contribution in [2.45, 2.75) is 0 Å². The molecule has 2 amide bonds. The van der Waals surface area contributed by atoms with Crippen molar-refractivity contribution in [3.8, 4) is 18.1 Å². The van der Waals surface area contributed by atoms with E-state index in [9.17, 15) is 14.0 Å². The normalized spacial score (nSPS) is 9.67. The summed E-state index contributed by atoms with van der Waals surface area (Å²) in [5.41, 5.74) is 1.38. The standard InChI is InChI=1S/C18H15FN2O3/c1-2-13-5-3-6-14(11-13)20-17(22)18(23)21-15-7-4-8-16(12-15)24-10-9-19/h1,3-8,11-12H,9-10H2,(H,20,22)(H,21,23). The summed E-state index contributed by atoms with van der Waals surface area (Å²) in [6.07, 6.45) is 5.28. The number of carbonyl (C=O) groups excluding carboxylic acids is 2. The Hall–Kier alpha value is -3.33. The zero-order valence-corrected chi connectivity index (χ0v) is 12.7. The number of rotatable bonds is 5. The first-order chi connectivity index (χ1) is 11.6. The number of nitrogens with one attached hydrogen (secondary N) is 2. The van der Waals surface area contributed by atoms with E-state index in [0.717, 1.165) is 0 Å². The van der Waals surface area contributed by atoms with Gasteiger partial charge in [0.25, 0.3) is 0 Å². The van der Waals surface area contributed by atoms with Crippen LogP contribution in [0.2, 0.25) is 0 Å². The Balaban J connectivity index is 1.98. The monoisotopic (exact) mass is 326 g/mol. The lowest BCUT2D eigenvalue weighted by molar-refractivity contribution is -0.132. The molecule has 2 N–H and O–H groups in total. The Morgan fingerprint density at radius 3 is 2.29 bits per heavy atom. The van der Waals surface area contributed by atoms with Gasteiger partial charge in [0.15, 0.2) is 0 Å². The smallest absolute Gasteiger partial charge is 0.314 e. The van der Waals surface area contributed by atoms with Crippen LogP contribution < -0.4 is 15.4 Å². The van der Waals surface area contributed by atoms with Gasteiger partial charge < -0.3 is 15.4 Å². The third-order valence-electron chi connectivity index (χ3n) is 2.93. The van der Waals surface area contributed by atoms with Gasteiger partial charge in [-0.1, -0.05) is 18.1 Å². The van der Waals surface area contributed by atoms with Crippen LogP contribution in [0.15, 0.2) is 48.5 Å². The predicted molar refractivity (Wildman–Crippen MR) is 89.5 cm³/mol. The number of ether oxygens (including phenoxy) is 1. The van der Waals surface area contributed by atoms with Gasteiger partial charge in [0.1, 0.15) is 19.0 Å². The van der Waals surface area contributed by atoms with Crippen LogP contribution in [0.5, 0.6) is 5.75 Å². The third-order valence-corrected chi connectivity index (χ3v) is 2.93. The van der Waals surface area contributed by atoms with E-state index in [2.05, 4.69) is 16.6 Å². The van der Waals surface area contributed by atoms with Gasteiger partial charge >= 0.3 is 11.8 Å². The highest BCUT2D eigenvalue weighted by Gasteiger charge is 2.14. The molecule has 5 nitrogen and oxygen atoms in total. The van der Waals surface area contributed by atoms with Crippen LogP contribution >= 0.6 is 0 Å². The first kappa shape index (κ1) is 17.0. The molecule has 122 valence electrons. The molecule has 0 aliphatic rings. The first-order valence-corrected chi connectivity index (χ1v) is 7.10. The lowest BCUT2D eigenvalue weighted by Crippen LogP contribution is -2.29. The van der Waals surface area contributed by atoms with Crippen LogP contribution in [0.4, 0.5) is 15.8 Å². The summed E-state index contributed by atoms with van der Waals surface area (Å²) < 4.78 is 17.2. The zero-order valence-electron chi connectivity index (χ0n) is 12.7. The van der Waals surface area contributed by atoms with E-state index in [0.29, 0.717) is 22.7 Å². The van der Waals surface area contributed by atoms with Gasteiger partial charge in [-0.2, -0.15) is 0 Å². The minimum Gasteiger partial charge on any atom is -0.491 e. The second-order valence-electron chi connectivity index (χ2n) is 4.70. The SMILES string of the molecule is C#Cc1cccc(NC(=O)C(=O)Nc2cccc(OCCF)c2)c1. The Morgan fingerprint density at radius 2 is 1.67 bits per heavy atom. The first-order valence-electron chi connectivity index (χ1n) is 7.10. The molecule has 0 heterocycles. The maximum atomic E-state index is 12.1. The molecule has 2 rings (SSSR count). The van der Waals surface area contributed by atoms with Crippen LogP contribution in [-0.4, -0.2) is 25.1 Å². The number of amides is 2. The van der Waals surface area contributed by atoms with E-state index in [1.807, 2.05) is 0 Å². The molecule has 0 unspecified atom stereocenters. The summed E-state index contributed by atoms with van der Waals surface area (Å²) in [6.45, 7) is -0.695. The Morgan fingerprint density at radius 1 is 1.04 bits per heavy atom. The van der Waals surface area contributed by atoms with E-state index in [4.69, 9.17) is 11.2 Å². The molecule has 0 bridgehead atoms. The number of halogens is 1. The fourth-order valence-corrected chi connectivity index (χ4v) is 1.88. The van der Waals surface area contributed by atoms with Gasteiger partial charge in [0, 0.05) is 23.0 Å². The van der Waals surface area contributed by atoms with E-state index >= 15 is 0 Å². The maximum Gasteiger partial charge on any atom is 0.314 e. The highest BCUT2D eigenvalue weighted by atomic mass is 19.1. The predicted octanol–water partition coefficient (Wildman–Crippen LogP) is 2.59. The van der Waals surface area contributed by atoms with E-state index < -0.39 is 18.5 Å². The van der Waals surface area contributed by atoms with Crippen molar-refractivity contribution in [1.82, 2.24) is 0 Å². The van der Waals surface area contributed by atoms with Gasteiger partial charge in [-0.05, 0) is 30.3 Å². The van der Waals surface area contributed by atoms with Crippen molar-refractivity contribution in [3.05, 3.63) is 54.1 Å². The Labute approximate surface area is 138 Å². The molecular formula is C18H15FN2O3. The number of hydrogen-bond acceptors (Lipinski definition) is 3. The summed E-state index contributed by atoms with van der Waals surface area (Å²) in [7, 11) is 0.